The molecule has 1 rings (SSSR count). The summed E-state index contributed by atoms with van der Waals surface area (Å²) < 4.78 is 36.7. The second kappa shape index (κ2) is 3.54. The Bertz CT molecular complexity index is 238. The summed E-state index contributed by atoms with van der Waals surface area (Å²) in [5.74, 6) is -0.193. The molecular formula is C9H12F3N. The number of rotatable bonds is 1. The number of alkyl halides is 3. The maximum atomic E-state index is 12.2. The van der Waals surface area contributed by atoms with Gasteiger partial charge < -0.3 is 5.73 Å². The first-order valence-electron chi connectivity index (χ1n) is 4.12. The summed E-state index contributed by atoms with van der Waals surface area (Å²) >= 11 is 0. The van der Waals surface area contributed by atoms with Crippen LogP contribution < -0.4 is 5.73 Å². The lowest BCUT2D eigenvalue weighted by atomic mass is 9.91. The van der Waals surface area contributed by atoms with Gasteiger partial charge in [0.15, 0.2) is 0 Å². The molecule has 0 bridgehead atoms. The number of allylic oxidation sites excluding steroid dienone is 3. The zero-order valence-electron chi connectivity index (χ0n) is 7.31. The van der Waals surface area contributed by atoms with E-state index >= 15 is 0 Å². The molecule has 4 heteroatoms. The lowest BCUT2D eigenvalue weighted by molar-refractivity contribution is -0.0889. The molecule has 0 aromatic rings. The first kappa shape index (κ1) is 10.3. The van der Waals surface area contributed by atoms with Crippen molar-refractivity contribution in [1.82, 2.24) is 0 Å². The van der Waals surface area contributed by atoms with Gasteiger partial charge in [-0.25, -0.2) is 0 Å². The smallest absolute Gasteiger partial charge is 0.327 e. The van der Waals surface area contributed by atoms with Crippen LogP contribution in [0.5, 0.6) is 0 Å². The van der Waals surface area contributed by atoms with Gasteiger partial charge in [-0.05, 0) is 19.3 Å². The molecule has 0 aromatic heterocycles. The predicted octanol–water partition coefficient (Wildman–Crippen LogP) is 2.40. The summed E-state index contributed by atoms with van der Waals surface area (Å²) in [7, 11) is 0. The van der Waals surface area contributed by atoms with Crippen molar-refractivity contribution in [3.63, 3.8) is 0 Å². The fourth-order valence-corrected chi connectivity index (χ4v) is 1.26. The molecule has 1 aliphatic rings. The van der Waals surface area contributed by atoms with E-state index in [-0.39, 0.29) is 12.0 Å². The number of hydrogen-bond donors (Lipinski definition) is 1. The van der Waals surface area contributed by atoms with E-state index in [1.165, 1.54) is 12.2 Å². The largest absolute Gasteiger partial charge is 0.416 e. The van der Waals surface area contributed by atoms with Crippen LogP contribution in [-0.4, -0.2) is 12.2 Å². The lowest BCUT2D eigenvalue weighted by Gasteiger charge is -2.21. The Morgan fingerprint density at radius 2 is 2.15 bits per heavy atom. The second-order valence-electron chi connectivity index (χ2n) is 3.28. The fourth-order valence-electron chi connectivity index (χ4n) is 1.26. The summed E-state index contributed by atoms with van der Waals surface area (Å²) in [4.78, 5) is 0. The topological polar surface area (TPSA) is 26.0 Å². The third kappa shape index (κ3) is 2.59. The summed E-state index contributed by atoms with van der Waals surface area (Å²) in [6.45, 7) is 1.72. The van der Waals surface area contributed by atoms with Crippen molar-refractivity contribution in [2.24, 2.45) is 11.7 Å². The van der Waals surface area contributed by atoms with Gasteiger partial charge in [-0.1, -0.05) is 18.2 Å². The van der Waals surface area contributed by atoms with Crippen molar-refractivity contribution >= 4 is 0 Å². The van der Waals surface area contributed by atoms with Crippen molar-refractivity contribution in [3.05, 3.63) is 23.8 Å². The van der Waals surface area contributed by atoms with Crippen LogP contribution in [0.4, 0.5) is 13.2 Å². The van der Waals surface area contributed by atoms with Gasteiger partial charge in [0.1, 0.15) is 0 Å². The van der Waals surface area contributed by atoms with Crippen LogP contribution in [0.25, 0.3) is 0 Å². The zero-order chi connectivity index (χ0) is 10.1. The average Bonchev–Trinajstić information content (AvgIpc) is 2.03. The van der Waals surface area contributed by atoms with Gasteiger partial charge in [-0.3, -0.25) is 0 Å². The summed E-state index contributed by atoms with van der Waals surface area (Å²) in [5, 5.41) is 0. The molecule has 2 N–H and O–H groups in total. The van der Waals surface area contributed by atoms with E-state index in [9.17, 15) is 13.2 Å². The maximum Gasteiger partial charge on any atom is 0.416 e. The Kier molecular flexibility index (Phi) is 2.81. The van der Waals surface area contributed by atoms with Gasteiger partial charge in [-0.2, -0.15) is 13.2 Å². The predicted molar refractivity (Wildman–Crippen MR) is 45.0 cm³/mol. The van der Waals surface area contributed by atoms with Gasteiger partial charge in [0.05, 0.1) is 5.57 Å². The van der Waals surface area contributed by atoms with Crippen molar-refractivity contribution in [3.8, 4) is 0 Å². The minimum atomic E-state index is -4.25. The third-order valence-electron chi connectivity index (χ3n) is 2.10. The van der Waals surface area contributed by atoms with Crippen molar-refractivity contribution < 1.29 is 13.2 Å². The van der Waals surface area contributed by atoms with Crippen molar-refractivity contribution in [2.75, 3.05) is 0 Å². The molecule has 0 aliphatic heterocycles. The van der Waals surface area contributed by atoms with E-state index in [1.54, 1.807) is 6.92 Å². The third-order valence-corrected chi connectivity index (χ3v) is 2.10. The standard InChI is InChI=1S/C9H12F3N/c1-6(13)7-3-2-4-8(5-7)9(10,11)12/h2,4-7H,3,13H2,1H3. The van der Waals surface area contributed by atoms with E-state index in [0.29, 0.717) is 6.42 Å². The Labute approximate surface area is 75.1 Å². The molecule has 74 valence electrons. The summed E-state index contributed by atoms with van der Waals surface area (Å²) in [6, 6.07) is -0.234. The highest BCUT2D eigenvalue weighted by atomic mass is 19.4. The maximum absolute atomic E-state index is 12.2. The molecule has 0 amide bonds. The molecule has 0 fully saturated rings. The highest BCUT2D eigenvalue weighted by Crippen LogP contribution is 2.31. The van der Waals surface area contributed by atoms with Gasteiger partial charge >= 0.3 is 6.18 Å². The molecule has 0 radical (unpaired) electrons. The van der Waals surface area contributed by atoms with Crippen molar-refractivity contribution in [1.29, 1.82) is 0 Å². The first-order valence-corrected chi connectivity index (χ1v) is 4.12. The van der Waals surface area contributed by atoms with Crippen LogP contribution in [0.1, 0.15) is 13.3 Å². The molecule has 2 unspecified atom stereocenters. The van der Waals surface area contributed by atoms with Crippen molar-refractivity contribution in [2.45, 2.75) is 25.6 Å². The zero-order valence-corrected chi connectivity index (χ0v) is 7.31. The second-order valence-corrected chi connectivity index (χ2v) is 3.28. The SMILES string of the molecule is CC(N)C1C=C(C(F)(F)F)C=CC1. The monoisotopic (exact) mass is 191 g/mol. The van der Waals surface area contributed by atoms with Crippen LogP contribution in [0, 0.1) is 5.92 Å². The normalized spacial score (nSPS) is 25.6. The Hall–Kier alpha value is -0.770. The van der Waals surface area contributed by atoms with Crippen LogP contribution in [-0.2, 0) is 0 Å². The molecule has 1 nitrogen and oxygen atoms in total. The average molecular weight is 191 g/mol. The number of nitrogens with two attached hydrogens (primary N) is 1. The molecule has 2 atom stereocenters. The number of halogens is 3. The molecule has 0 aromatic carbocycles. The molecule has 13 heavy (non-hydrogen) atoms. The molecule has 0 spiro atoms. The Balaban J connectivity index is 2.81. The Morgan fingerprint density at radius 3 is 2.62 bits per heavy atom. The van der Waals surface area contributed by atoms with Gasteiger partial charge in [0, 0.05) is 6.04 Å². The molecule has 0 heterocycles. The molecule has 0 saturated carbocycles. The summed E-state index contributed by atoms with van der Waals surface area (Å²) in [5.41, 5.74) is 4.94. The van der Waals surface area contributed by atoms with E-state index in [4.69, 9.17) is 5.73 Å². The van der Waals surface area contributed by atoms with Crippen LogP contribution >= 0.6 is 0 Å². The highest BCUT2D eigenvalue weighted by Gasteiger charge is 2.33. The number of hydrogen-bond acceptors (Lipinski definition) is 1. The van der Waals surface area contributed by atoms with E-state index in [0.717, 1.165) is 6.08 Å². The van der Waals surface area contributed by atoms with Gasteiger partial charge in [0.2, 0.25) is 0 Å². The molecule has 1 aliphatic carbocycles. The van der Waals surface area contributed by atoms with E-state index < -0.39 is 11.7 Å². The van der Waals surface area contributed by atoms with Gasteiger partial charge in [0.25, 0.3) is 0 Å². The van der Waals surface area contributed by atoms with E-state index in [1.807, 2.05) is 0 Å². The molecular weight excluding hydrogens is 179 g/mol. The Morgan fingerprint density at radius 1 is 1.54 bits per heavy atom. The van der Waals surface area contributed by atoms with Crippen LogP contribution in [0.2, 0.25) is 0 Å². The lowest BCUT2D eigenvalue weighted by Crippen LogP contribution is -2.27. The van der Waals surface area contributed by atoms with E-state index in [2.05, 4.69) is 0 Å². The fraction of sp³-hybridized carbons (Fsp3) is 0.556. The highest BCUT2D eigenvalue weighted by molar-refractivity contribution is 5.28. The van der Waals surface area contributed by atoms with Gasteiger partial charge in [-0.15, -0.1) is 0 Å². The van der Waals surface area contributed by atoms with Crippen LogP contribution in [0.15, 0.2) is 23.8 Å². The minimum absolute atomic E-state index is 0.193. The quantitative estimate of drug-likeness (QED) is 0.676. The summed E-state index contributed by atoms with van der Waals surface area (Å²) in [6.07, 6.45) is 0.196. The first-order chi connectivity index (χ1) is 5.91. The van der Waals surface area contributed by atoms with Crippen LogP contribution in [0.3, 0.4) is 0 Å². The molecule has 0 saturated heterocycles. The minimum Gasteiger partial charge on any atom is -0.327 e.